The van der Waals surface area contributed by atoms with Crippen molar-refractivity contribution in [3.05, 3.63) is 29.8 Å². The van der Waals surface area contributed by atoms with Crippen LogP contribution in [0.2, 0.25) is 0 Å². The van der Waals surface area contributed by atoms with Crippen LogP contribution in [0.5, 0.6) is 0 Å². The van der Waals surface area contributed by atoms with Gasteiger partial charge in [-0.1, -0.05) is 25.0 Å². The summed E-state index contributed by atoms with van der Waals surface area (Å²) < 4.78 is 23.2. The lowest BCUT2D eigenvalue weighted by atomic mass is 10.1. The van der Waals surface area contributed by atoms with E-state index in [1.807, 2.05) is 0 Å². The van der Waals surface area contributed by atoms with Gasteiger partial charge < -0.3 is 10.6 Å². The fraction of sp³-hybridized carbons (Fsp3) is 0.579. The maximum Gasteiger partial charge on any atom is 0.253 e. The van der Waals surface area contributed by atoms with Crippen molar-refractivity contribution < 1.29 is 18.0 Å². The van der Waals surface area contributed by atoms with E-state index in [1.54, 1.807) is 36.2 Å². The van der Waals surface area contributed by atoms with Crippen molar-refractivity contribution in [1.29, 1.82) is 0 Å². The Hall–Kier alpha value is -1.93. The molecule has 148 valence electrons. The first-order chi connectivity index (χ1) is 12.8. The molecule has 3 rings (SSSR count). The summed E-state index contributed by atoms with van der Waals surface area (Å²) in [6.45, 7) is 0.0821. The predicted octanol–water partition coefficient (Wildman–Crippen LogP) is 1.42. The van der Waals surface area contributed by atoms with Gasteiger partial charge in [0.15, 0.2) is 9.84 Å². The van der Waals surface area contributed by atoms with Gasteiger partial charge in [0.05, 0.1) is 29.3 Å². The molecule has 0 radical (unpaired) electrons. The topological polar surface area (TPSA) is 95.6 Å². The van der Waals surface area contributed by atoms with Crippen molar-refractivity contribution in [1.82, 2.24) is 10.2 Å². The number of nitrogens with one attached hydrogen (secondary N) is 2. The molecule has 2 amide bonds. The summed E-state index contributed by atoms with van der Waals surface area (Å²) in [5.74, 6) is -0.165. The number of amides is 2. The van der Waals surface area contributed by atoms with Gasteiger partial charge in [0.1, 0.15) is 0 Å². The largest absolute Gasteiger partial charge is 0.349 e. The van der Waals surface area contributed by atoms with Crippen LogP contribution in [0.25, 0.3) is 0 Å². The molecule has 1 unspecified atom stereocenters. The minimum absolute atomic E-state index is 0.0821. The van der Waals surface area contributed by atoms with Gasteiger partial charge >= 0.3 is 0 Å². The molecule has 2 aliphatic rings. The summed E-state index contributed by atoms with van der Waals surface area (Å²) in [6, 6.07) is 7.02. The highest BCUT2D eigenvalue weighted by atomic mass is 32.2. The number of para-hydroxylation sites is 1. The highest BCUT2D eigenvalue weighted by molar-refractivity contribution is 7.91. The van der Waals surface area contributed by atoms with Gasteiger partial charge in [0.25, 0.3) is 5.91 Å². The molecule has 1 aliphatic heterocycles. The molecule has 2 fully saturated rings. The van der Waals surface area contributed by atoms with E-state index in [1.165, 1.54) is 0 Å². The van der Waals surface area contributed by atoms with Crippen molar-refractivity contribution in [3.8, 4) is 0 Å². The van der Waals surface area contributed by atoms with Crippen LogP contribution in [-0.4, -0.2) is 62.3 Å². The zero-order valence-electron chi connectivity index (χ0n) is 15.6. The molecular weight excluding hydrogens is 366 g/mol. The van der Waals surface area contributed by atoms with Crippen LogP contribution in [0.3, 0.4) is 0 Å². The fourth-order valence-electron chi connectivity index (χ4n) is 3.79. The number of sulfone groups is 1. The molecule has 1 atom stereocenters. The molecule has 1 saturated heterocycles. The van der Waals surface area contributed by atoms with Gasteiger partial charge in [-0.15, -0.1) is 0 Å². The molecule has 1 aromatic carbocycles. The van der Waals surface area contributed by atoms with Crippen LogP contribution < -0.4 is 10.6 Å². The first kappa shape index (κ1) is 19.8. The molecule has 0 aromatic heterocycles. The Labute approximate surface area is 160 Å². The highest BCUT2D eigenvalue weighted by Gasteiger charge is 2.31. The Bertz CT molecular complexity index is 803. The van der Waals surface area contributed by atoms with Gasteiger partial charge in [-0.3, -0.25) is 14.5 Å². The molecule has 0 spiro atoms. The average molecular weight is 394 g/mol. The smallest absolute Gasteiger partial charge is 0.253 e. The number of carbonyl (C=O) groups excluding carboxylic acids is 2. The Kier molecular flexibility index (Phi) is 6.16. The molecule has 7 nitrogen and oxygen atoms in total. The Morgan fingerprint density at radius 2 is 1.85 bits per heavy atom. The predicted molar refractivity (Wildman–Crippen MR) is 104 cm³/mol. The second-order valence-corrected chi connectivity index (χ2v) is 9.75. The summed E-state index contributed by atoms with van der Waals surface area (Å²) >= 11 is 0. The summed E-state index contributed by atoms with van der Waals surface area (Å²) in [4.78, 5) is 26.8. The van der Waals surface area contributed by atoms with Gasteiger partial charge in [0.2, 0.25) is 5.91 Å². The first-order valence-corrected chi connectivity index (χ1v) is 11.3. The number of nitrogens with zero attached hydrogens (tertiary/aromatic N) is 1. The normalized spacial score (nSPS) is 22.1. The molecule has 1 aliphatic carbocycles. The van der Waals surface area contributed by atoms with E-state index in [-0.39, 0.29) is 41.9 Å². The molecule has 2 N–H and O–H groups in total. The number of hydrogen-bond acceptors (Lipinski definition) is 5. The molecule has 27 heavy (non-hydrogen) atoms. The van der Waals surface area contributed by atoms with Crippen LogP contribution in [-0.2, 0) is 14.6 Å². The van der Waals surface area contributed by atoms with E-state index >= 15 is 0 Å². The van der Waals surface area contributed by atoms with Crippen LogP contribution in [0.15, 0.2) is 24.3 Å². The summed E-state index contributed by atoms with van der Waals surface area (Å²) in [5.41, 5.74) is 0.925. The van der Waals surface area contributed by atoms with E-state index in [4.69, 9.17) is 0 Å². The van der Waals surface area contributed by atoms with Crippen molar-refractivity contribution in [2.45, 2.75) is 44.2 Å². The number of hydrogen-bond donors (Lipinski definition) is 2. The van der Waals surface area contributed by atoms with Crippen LogP contribution in [0.4, 0.5) is 5.69 Å². The van der Waals surface area contributed by atoms with Gasteiger partial charge in [-0.2, -0.15) is 0 Å². The minimum atomic E-state index is -2.99. The zero-order valence-corrected chi connectivity index (χ0v) is 16.4. The standard InChI is InChI=1S/C19H27N3O4S/c1-22(15-10-11-27(25,26)13-15)12-18(23)21-17-9-5-4-8-16(17)19(24)20-14-6-2-3-7-14/h4-5,8-9,14-15H,2-3,6-7,10-13H2,1H3,(H,20,24)(H,21,23). The molecule has 1 heterocycles. The number of benzene rings is 1. The number of rotatable bonds is 6. The third kappa shape index (κ3) is 5.29. The molecule has 8 heteroatoms. The average Bonchev–Trinajstić information content (AvgIpc) is 3.24. The second-order valence-electron chi connectivity index (χ2n) is 7.52. The first-order valence-electron chi connectivity index (χ1n) is 9.44. The Morgan fingerprint density at radius 1 is 1.15 bits per heavy atom. The van der Waals surface area contributed by atoms with E-state index < -0.39 is 9.84 Å². The van der Waals surface area contributed by atoms with Crippen molar-refractivity contribution in [3.63, 3.8) is 0 Å². The summed E-state index contributed by atoms with van der Waals surface area (Å²) in [5, 5.41) is 5.84. The van der Waals surface area contributed by atoms with Crippen molar-refractivity contribution >= 4 is 27.3 Å². The zero-order chi connectivity index (χ0) is 19.4. The van der Waals surface area contributed by atoms with E-state index in [9.17, 15) is 18.0 Å². The van der Waals surface area contributed by atoms with E-state index in [0.717, 1.165) is 25.7 Å². The Balaban J connectivity index is 1.59. The SMILES string of the molecule is CN(CC(=O)Nc1ccccc1C(=O)NC1CCCC1)C1CCS(=O)(=O)C1. The minimum Gasteiger partial charge on any atom is -0.349 e. The lowest BCUT2D eigenvalue weighted by Crippen LogP contribution is -2.39. The van der Waals surface area contributed by atoms with Gasteiger partial charge in [-0.25, -0.2) is 8.42 Å². The second kappa shape index (κ2) is 8.39. The van der Waals surface area contributed by atoms with Gasteiger partial charge in [0, 0.05) is 12.1 Å². The third-order valence-electron chi connectivity index (χ3n) is 5.36. The van der Waals surface area contributed by atoms with Crippen LogP contribution >= 0.6 is 0 Å². The lowest BCUT2D eigenvalue weighted by molar-refractivity contribution is -0.117. The Morgan fingerprint density at radius 3 is 2.52 bits per heavy atom. The fourth-order valence-corrected chi connectivity index (χ4v) is 5.60. The van der Waals surface area contributed by atoms with Gasteiger partial charge in [-0.05, 0) is 38.4 Å². The molecule has 0 bridgehead atoms. The number of carbonyl (C=O) groups is 2. The number of likely N-dealkylation sites (N-methyl/N-ethyl adjacent to an activating group) is 1. The summed E-state index contributed by atoms with van der Waals surface area (Å²) in [6.07, 6.45) is 4.80. The van der Waals surface area contributed by atoms with Crippen molar-refractivity contribution in [2.24, 2.45) is 0 Å². The van der Waals surface area contributed by atoms with Crippen LogP contribution in [0.1, 0.15) is 42.5 Å². The van der Waals surface area contributed by atoms with Crippen LogP contribution in [0, 0.1) is 0 Å². The third-order valence-corrected chi connectivity index (χ3v) is 7.11. The maximum atomic E-state index is 12.6. The van der Waals surface area contributed by atoms with E-state index in [2.05, 4.69) is 10.6 Å². The summed E-state index contributed by atoms with van der Waals surface area (Å²) in [7, 11) is -1.24. The van der Waals surface area contributed by atoms with Crippen molar-refractivity contribution in [2.75, 3.05) is 30.4 Å². The number of anilines is 1. The van der Waals surface area contributed by atoms with E-state index in [0.29, 0.717) is 17.7 Å². The quantitative estimate of drug-likeness (QED) is 0.762. The maximum absolute atomic E-state index is 12.6. The molecular formula is C19H27N3O4S. The lowest BCUT2D eigenvalue weighted by Gasteiger charge is -2.22. The molecule has 1 aromatic rings. The highest BCUT2D eigenvalue weighted by Crippen LogP contribution is 2.21. The molecule has 1 saturated carbocycles. The monoisotopic (exact) mass is 393 g/mol.